The molecule has 0 aromatic carbocycles. The first kappa shape index (κ1) is 19.3. The lowest BCUT2D eigenvalue weighted by Gasteiger charge is -2.15. The molecular weight excluding hydrogens is 269 g/mol. The van der Waals surface area contributed by atoms with Gasteiger partial charge in [0.25, 0.3) is 0 Å². The SMILES string of the molecule is CCCCCCCCCCCCC(C(=O)O)C(F)(F)F. The number of carbonyl (C=O) groups is 1. The number of alkyl halides is 3. The van der Waals surface area contributed by atoms with Crippen LogP contribution in [0.15, 0.2) is 0 Å². The van der Waals surface area contributed by atoms with Gasteiger partial charge in [0, 0.05) is 0 Å². The molecule has 1 unspecified atom stereocenters. The minimum Gasteiger partial charge on any atom is -0.481 e. The molecule has 0 spiro atoms. The maximum absolute atomic E-state index is 12.4. The molecule has 1 N–H and O–H groups in total. The van der Waals surface area contributed by atoms with E-state index in [1.165, 1.54) is 32.1 Å². The van der Waals surface area contributed by atoms with Crippen molar-refractivity contribution in [3.8, 4) is 0 Å². The third kappa shape index (κ3) is 10.1. The Hall–Kier alpha value is -0.740. The maximum Gasteiger partial charge on any atom is 0.402 e. The number of unbranched alkanes of at least 4 members (excludes halogenated alkanes) is 9. The van der Waals surface area contributed by atoms with Gasteiger partial charge in [-0.3, -0.25) is 4.79 Å². The smallest absolute Gasteiger partial charge is 0.402 e. The Bertz CT molecular complexity index is 252. The maximum atomic E-state index is 12.4. The van der Waals surface area contributed by atoms with Gasteiger partial charge in [0.15, 0.2) is 5.92 Å². The van der Waals surface area contributed by atoms with Crippen LogP contribution in [-0.2, 0) is 4.79 Å². The Morgan fingerprint density at radius 3 is 1.65 bits per heavy atom. The van der Waals surface area contributed by atoms with Gasteiger partial charge in [-0.2, -0.15) is 13.2 Å². The van der Waals surface area contributed by atoms with Crippen molar-refractivity contribution < 1.29 is 23.1 Å². The van der Waals surface area contributed by atoms with Crippen LogP contribution in [0.1, 0.15) is 77.6 Å². The molecule has 0 aromatic rings. The summed E-state index contributed by atoms with van der Waals surface area (Å²) in [5, 5.41) is 8.53. The van der Waals surface area contributed by atoms with Crippen LogP contribution in [0.3, 0.4) is 0 Å². The average Bonchev–Trinajstić information content (AvgIpc) is 2.34. The number of halogens is 3. The van der Waals surface area contributed by atoms with E-state index in [0.717, 1.165) is 19.3 Å². The third-order valence-electron chi connectivity index (χ3n) is 3.54. The number of rotatable bonds is 12. The Labute approximate surface area is 119 Å². The minimum absolute atomic E-state index is 0.296. The highest BCUT2D eigenvalue weighted by Gasteiger charge is 2.44. The van der Waals surface area contributed by atoms with Crippen molar-refractivity contribution in [1.29, 1.82) is 0 Å². The van der Waals surface area contributed by atoms with Crippen molar-refractivity contribution >= 4 is 5.97 Å². The van der Waals surface area contributed by atoms with Gasteiger partial charge >= 0.3 is 12.1 Å². The van der Waals surface area contributed by atoms with E-state index < -0.39 is 18.1 Å². The molecule has 0 aliphatic carbocycles. The molecule has 0 aromatic heterocycles. The highest BCUT2D eigenvalue weighted by atomic mass is 19.4. The molecule has 0 saturated heterocycles. The van der Waals surface area contributed by atoms with Crippen LogP contribution in [-0.4, -0.2) is 17.3 Å². The topological polar surface area (TPSA) is 37.3 Å². The van der Waals surface area contributed by atoms with Crippen molar-refractivity contribution in [3.63, 3.8) is 0 Å². The van der Waals surface area contributed by atoms with E-state index >= 15 is 0 Å². The Balaban J connectivity index is 3.49. The molecule has 1 atom stereocenters. The summed E-state index contributed by atoms with van der Waals surface area (Å²) in [5.74, 6) is -3.95. The summed E-state index contributed by atoms with van der Waals surface area (Å²) in [4.78, 5) is 10.5. The average molecular weight is 296 g/mol. The van der Waals surface area contributed by atoms with Gasteiger partial charge in [-0.15, -0.1) is 0 Å². The van der Waals surface area contributed by atoms with Crippen LogP contribution in [0.5, 0.6) is 0 Å². The molecule has 0 fully saturated rings. The van der Waals surface area contributed by atoms with Gasteiger partial charge < -0.3 is 5.11 Å². The molecular formula is C15H27F3O2. The standard InChI is InChI=1S/C15H27F3O2/c1-2-3-4-5-6-7-8-9-10-11-12-13(14(19)20)15(16,17)18/h13H,2-12H2,1H3,(H,19,20). The second kappa shape index (κ2) is 11.0. The summed E-state index contributed by atoms with van der Waals surface area (Å²) in [6.07, 6.45) is 5.38. The number of aliphatic carboxylic acids is 1. The van der Waals surface area contributed by atoms with Gasteiger partial charge in [0.05, 0.1) is 0 Å². The lowest BCUT2D eigenvalue weighted by molar-refractivity contribution is -0.194. The fraction of sp³-hybridized carbons (Fsp3) is 0.933. The summed E-state index contributed by atoms with van der Waals surface area (Å²) in [6.45, 7) is 2.17. The second-order valence-corrected chi connectivity index (χ2v) is 5.40. The summed E-state index contributed by atoms with van der Waals surface area (Å²) >= 11 is 0. The first-order valence-electron chi connectivity index (χ1n) is 7.69. The monoisotopic (exact) mass is 296 g/mol. The van der Waals surface area contributed by atoms with E-state index in [0.29, 0.717) is 12.8 Å². The van der Waals surface area contributed by atoms with Crippen molar-refractivity contribution in [1.82, 2.24) is 0 Å². The van der Waals surface area contributed by atoms with E-state index in [1.807, 2.05) is 0 Å². The number of carboxylic acids is 1. The van der Waals surface area contributed by atoms with Gasteiger partial charge in [-0.1, -0.05) is 71.1 Å². The highest BCUT2D eigenvalue weighted by Crippen LogP contribution is 2.30. The minimum atomic E-state index is -4.62. The van der Waals surface area contributed by atoms with Crippen molar-refractivity contribution in [2.45, 2.75) is 83.7 Å². The molecule has 120 valence electrons. The fourth-order valence-corrected chi connectivity index (χ4v) is 2.26. The van der Waals surface area contributed by atoms with Gasteiger partial charge in [-0.05, 0) is 6.42 Å². The van der Waals surface area contributed by atoms with Crippen LogP contribution in [0.4, 0.5) is 13.2 Å². The zero-order chi connectivity index (χ0) is 15.4. The molecule has 0 radical (unpaired) electrons. The first-order chi connectivity index (χ1) is 9.39. The molecule has 0 amide bonds. The fourth-order valence-electron chi connectivity index (χ4n) is 2.26. The van der Waals surface area contributed by atoms with Gasteiger partial charge in [0.1, 0.15) is 0 Å². The van der Waals surface area contributed by atoms with E-state index in [9.17, 15) is 18.0 Å². The second-order valence-electron chi connectivity index (χ2n) is 5.40. The highest BCUT2D eigenvalue weighted by molar-refractivity contribution is 5.70. The molecule has 0 saturated carbocycles. The van der Waals surface area contributed by atoms with Crippen molar-refractivity contribution in [2.75, 3.05) is 0 Å². The lowest BCUT2D eigenvalue weighted by atomic mass is 9.99. The molecule has 2 nitrogen and oxygen atoms in total. The van der Waals surface area contributed by atoms with Crippen molar-refractivity contribution in [3.05, 3.63) is 0 Å². The predicted octanol–water partition coefficient (Wildman–Crippen LogP) is 5.56. The number of hydrogen-bond donors (Lipinski definition) is 1. The Morgan fingerprint density at radius 1 is 0.900 bits per heavy atom. The molecule has 0 bridgehead atoms. The molecule has 0 aliphatic rings. The largest absolute Gasteiger partial charge is 0.481 e. The summed E-state index contributed by atoms with van der Waals surface area (Å²) in [6, 6.07) is 0. The van der Waals surface area contributed by atoms with E-state index in [-0.39, 0.29) is 6.42 Å². The quantitative estimate of drug-likeness (QED) is 0.479. The lowest BCUT2D eigenvalue weighted by Crippen LogP contribution is -2.30. The molecule has 0 rings (SSSR count). The summed E-state index contributed by atoms with van der Waals surface area (Å²) in [5.41, 5.74) is 0. The van der Waals surface area contributed by atoms with Crippen LogP contribution < -0.4 is 0 Å². The van der Waals surface area contributed by atoms with Gasteiger partial charge in [0.2, 0.25) is 0 Å². The first-order valence-corrected chi connectivity index (χ1v) is 7.69. The third-order valence-corrected chi connectivity index (χ3v) is 3.54. The van der Waals surface area contributed by atoms with Gasteiger partial charge in [-0.25, -0.2) is 0 Å². The van der Waals surface area contributed by atoms with E-state index in [2.05, 4.69) is 6.92 Å². The molecule has 0 heterocycles. The molecule has 20 heavy (non-hydrogen) atoms. The summed E-state index contributed by atoms with van der Waals surface area (Å²) in [7, 11) is 0. The number of carboxylic acid groups (broad SMARTS) is 1. The zero-order valence-corrected chi connectivity index (χ0v) is 12.3. The van der Waals surface area contributed by atoms with Crippen LogP contribution in [0.25, 0.3) is 0 Å². The van der Waals surface area contributed by atoms with Crippen molar-refractivity contribution in [2.24, 2.45) is 5.92 Å². The van der Waals surface area contributed by atoms with Crippen LogP contribution in [0.2, 0.25) is 0 Å². The van der Waals surface area contributed by atoms with Crippen LogP contribution >= 0.6 is 0 Å². The van der Waals surface area contributed by atoms with E-state index in [1.54, 1.807) is 0 Å². The normalized spacial score (nSPS) is 13.4. The Kier molecular flexibility index (Phi) is 10.6. The number of hydrogen-bond acceptors (Lipinski definition) is 1. The molecule has 0 aliphatic heterocycles. The van der Waals surface area contributed by atoms with Crippen LogP contribution in [0, 0.1) is 5.92 Å². The molecule has 5 heteroatoms. The Morgan fingerprint density at radius 2 is 1.30 bits per heavy atom. The summed E-state index contributed by atoms with van der Waals surface area (Å²) < 4.78 is 37.1. The zero-order valence-electron chi connectivity index (χ0n) is 12.3. The van der Waals surface area contributed by atoms with E-state index in [4.69, 9.17) is 5.11 Å². The predicted molar refractivity (Wildman–Crippen MR) is 73.6 cm³/mol.